The van der Waals surface area contributed by atoms with Crippen LogP contribution in [-0.2, 0) is 9.59 Å². The summed E-state index contributed by atoms with van der Waals surface area (Å²) in [7, 11) is 1.44. The van der Waals surface area contributed by atoms with Crippen LogP contribution < -0.4 is 10.2 Å². The molecule has 0 aliphatic rings. The fourth-order valence-electron chi connectivity index (χ4n) is 1.37. The third-order valence-corrected chi connectivity index (χ3v) is 2.27. The number of hydrogen-bond donors (Lipinski definition) is 1. The van der Waals surface area contributed by atoms with Crippen molar-refractivity contribution in [3.8, 4) is 0 Å². The number of hydrogen-bond acceptors (Lipinski definition) is 2. The van der Waals surface area contributed by atoms with Crippen LogP contribution in [0, 0.1) is 5.82 Å². The van der Waals surface area contributed by atoms with Crippen molar-refractivity contribution in [2.75, 3.05) is 18.5 Å². The molecule has 17 heavy (non-hydrogen) atoms. The minimum Gasteiger partial charge on any atom is -0.356 e. The van der Waals surface area contributed by atoms with E-state index in [1.165, 1.54) is 19.2 Å². The summed E-state index contributed by atoms with van der Waals surface area (Å²) in [4.78, 5) is 24.0. The average molecular weight is 238 g/mol. The fraction of sp³-hybridized carbons (Fsp3) is 0.333. The molecule has 0 spiro atoms. The van der Waals surface area contributed by atoms with Gasteiger partial charge < -0.3 is 10.2 Å². The summed E-state index contributed by atoms with van der Waals surface area (Å²) in [5.74, 6) is -1.29. The highest BCUT2D eigenvalue weighted by Crippen LogP contribution is 2.17. The van der Waals surface area contributed by atoms with Crippen LogP contribution >= 0.6 is 0 Å². The lowest BCUT2D eigenvalue weighted by atomic mass is 10.2. The molecule has 0 bridgehead atoms. The van der Waals surface area contributed by atoms with Crippen molar-refractivity contribution in [2.24, 2.45) is 0 Å². The summed E-state index contributed by atoms with van der Waals surface area (Å²) in [6.07, 6.45) is -0.279. The van der Waals surface area contributed by atoms with E-state index in [1.54, 1.807) is 19.1 Å². The van der Waals surface area contributed by atoms with Crippen LogP contribution in [-0.4, -0.2) is 25.4 Å². The van der Waals surface area contributed by atoms with Crippen molar-refractivity contribution >= 4 is 17.5 Å². The Bertz CT molecular complexity index is 421. The summed E-state index contributed by atoms with van der Waals surface area (Å²) < 4.78 is 13.4. The molecule has 0 heterocycles. The first kappa shape index (κ1) is 13.2. The standard InChI is InChI=1S/C12H15FN2O2/c1-3-14-11(16)8-12(17)15(2)10-7-5-4-6-9(10)13/h4-7H,3,8H2,1-2H3,(H,14,16). The summed E-state index contributed by atoms with van der Waals surface area (Å²) in [6.45, 7) is 2.23. The molecule has 0 saturated heterocycles. The topological polar surface area (TPSA) is 49.4 Å². The minimum absolute atomic E-state index is 0.168. The number of rotatable bonds is 4. The molecule has 0 radical (unpaired) electrons. The molecule has 0 atom stereocenters. The summed E-state index contributed by atoms with van der Waals surface area (Å²) in [5, 5.41) is 2.52. The van der Waals surface area contributed by atoms with Gasteiger partial charge in [0.05, 0.1) is 5.69 Å². The monoisotopic (exact) mass is 238 g/mol. The first-order valence-corrected chi connectivity index (χ1v) is 5.34. The molecule has 2 amide bonds. The normalized spacial score (nSPS) is 9.82. The zero-order valence-electron chi connectivity index (χ0n) is 9.87. The molecule has 0 saturated carbocycles. The third kappa shape index (κ3) is 3.55. The second kappa shape index (κ2) is 5.98. The molecule has 4 nitrogen and oxygen atoms in total. The molecule has 5 heteroatoms. The zero-order chi connectivity index (χ0) is 12.8. The van der Waals surface area contributed by atoms with E-state index in [-0.39, 0.29) is 18.0 Å². The van der Waals surface area contributed by atoms with Crippen molar-refractivity contribution in [3.63, 3.8) is 0 Å². The molecule has 0 aliphatic heterocycles. The average Bonchev–Trinajstić information content (AvgIpc) is 2.29. The van der Waals surface area contributed by atoms with Gasteiger partial charge in [-0.25, -0.2) is 4.39 Å². The molecule has 92 valence electrons. The molecule has 1 aromatic carbocycles. The van der Waals surface area contributed by atoms with E-state index in [0.717, 1.165) is 4.90 Å². The van der Waals surface area contributed by atoms with Gasteiger partial charge in [0.15, 0.2) is 0 Å². The lowest BCUT2D eigenvalue weighted by molar-refractivity contribution is -0.127. The van der Waals surface area contributed by atoms with Crippen molar-refractivity contribution in [3.05, 3.63) is 30.1 Å². The van der Waals surface area contributed by atoms with Crippen LogP contribution in [0.5, 0.6) is 0 Å². The van der Waals surface area contributed by atoms with Crippen LogP contribution in [0.2, 0.25) is 0 Å². The van der Waals surface area contributed by atoms with Gasteiger partial charge in [0.1, 0.15) is 12.2 Å². The molecule has 0 unspecified atom stereocenters. The molecule has 1 rings (SSSR count). The van der Waals surface area contributed by atoms with E-state index in [4.69, 9.17) is 0 Å². The first-order chi connectivity index (χ1) is 8.06. The SMILES string of the molecule is CCNC(=O)CC(=O)N(C)c1ccccc1F. The van der Waals surface area contributed by atoms with Crippen molar-refractivity contribution in [2.45, 2.75) is 13.3 Å². The third-order valence-electron chi connectivity index (χ3n) is 2.27. The number of nitrogens with one attached hydrogen (secondary N) is 1. The van der Waals surface area contributed by atoms with Gasteiger partial charge >= 0.3 is 0 Å². The Hall–Kier alpha value is -1.91. The smallest absolute Gasteiger partial charge is 0.236 e. The van der Waals surface area contributed by atoms with E-state index in [0.29, 0.717) is 6.54 Å². The Balaban J connectivity index is 2.70. The van der Waals surface area contributed by atoms with Gasteiger partial charge in [-0.05, 0) is 19.1 Å². The van der Waals surface area contributed by atoms with E-state index in [1.807, 2.05) is 0 Å². The highest BCUT2D eigenvalue weighted by molar-refractivity contribution is 6.04. The largest absolute Gasteiger partial charge is 0.356 e. The van der Waals surface area contributed by atoms with Gasteiger partial charge in [-0.1, -0.05) is 12.1 Å². The fourth-order valence-corrected chi connectivity index (χ4v) is 1.37. The molecule has 1 N–H and O–H groups in total. The molecular formula is C12H15FN2O2. The highest BCUT2D eigenvalue weighted by atomic mass is 19.1. The lowest BCUT2D eigenvalue weighted by Gasteiger charge is -2.17. The van der Waals surface area contributed by atoms with Gasteiger partial charge in [-0.15, -0.1) is 0 Å². The van der Waals surface area contributed by atoms with Crippen molar-refractivity contribution < 1.29 is 14.0 Å². The summed E-state index contributed by atoms with van der Waals surface area (Å²) in [5.41, 5.74) is 0.168. The number of nitrogens with zero attached hydrogens (tertiary/aromatic N) is 1. The van der Waals surface area contributed by atoms with Crippen LogP contribution in [0.1, 0.15) is 13.3 Å². The maximum absolute atomic E-state index is 13.4. The Kier molecular flexibility index (Phi) is 4.63. The molecular weight excluding hydrogens is 223 g/mol. The number of anilines is 1. The number of para-hydroxylation sites is 1. The van der Waals surface area contributed by atoms with Crippen molar-refractivity contribution in [1.29, 1.82) is 0 Å². The number of carbonyl (C=O) groups excluding carboxylic acids is 2. The Labute approximate surface area is 99.4 Å². The van der Waals surface area contributed by atoms with E-state index in [9.17, 15) is 14.0 Å². The van der Waals surface area contributed by atoms with Gasteiger partial charge in [-0.2, -0.15) is 0 Å². The number of carbonyl (C=O) groups is 2. The van der Waals surface area contributed by atoms with Gasteiger partial charge in [0, 0.05) is 13.6 Å². The quantitative estimate of drug-likeness (QED) is 0.804. The van der Waals surface area contributed by atoms with E-state index < -0.39 is 11.7 Å². The maximum Gasteiger partial charge on any atom is 0.236 e. The minimum atomic E-state index is -0.487. The Morgan fingerprint density at radius 2 is 2.00 bits per heavy atom. The summed E-state index contributed by atoms with van der Waals surface area (Å²) >= 11 is 0. The van der Waals surface area contributed by atoms with Gasteiger partial charge in [-0.3, -0.25) is 9.59 Å². The second-order valence-electron chi connectivity index (χ2n) is 3.53. The van der Waals surface area contributed by atoms with Crippen LogP contribution in [0.4, 0.5) is 10.1 Å². The Morgan fingerprint density at radius 1 is 1.35 bits per heavy atom. The number of amides is 2. The second-order valence-corrected chi connectivity index (χ2v) is 3.53. The first-order valence-electron chi connectivity index (χ1n) is 5.34. The molecule has 0 aliphatic carbocycles. The van der Waals surface area contributed by atoms with Gasteiger partial charge in [0.2, 0.25) is 11.8 Å². The predicted molar refractivity (Wildman–Crippen MR) is 63.1 cm³/mol. The number of halogens is 1. The maximum atomic E-state index is 13.4. The zero-order valence-corrected chi connectivity index (χ0v) is 9.87. The van der Waals surface area contributed by atoms with Crippen molar-refractivity contribution in [1.82, 2.24) is 5.32 Å². The van der Waals surface area contributed by atoms with E-state index in [2.05, 4.69) is 5.32 Å². The number of benzene rings is 1. The van der Waals surface area contributed by atoms with Crippen LogP contribution in [0.3, 0.4) is 0 Å². The molecule has 0 aromatic heterocycles. The van der Waals surface area contributed by atoms with Crippen LogP contribution in [0.15, 0.2) is 24.3 Å². The molecule has 0 fully saturated rings. The predicted octanol–water partition coefficient (Wildman–Crippen LogP) is 1.31. The lowest BCUT2D eigenvalue weighted by Crippen LogP contribution is -2.33. The van der Waals surface area contributed by atoms with Crippen LogP contribution in [0.25, 0.3) is 0 Å². The van der Waals surface area contributed by atoms with E-state index >= 15 is 0 Å². The Morgan fingerprint density at radius 3 is 2.59 bits per heavy atom. The summed E-state index contributed by atoms with van der Waals surface area (Å²) in [6, 6.07) is 5.94. The molecule has 1 aromatic rings. The van der Waals surface area contributed by atoms with Gasteiger partial charge in [0.25, 0.3) is 0 Å². The highest BCUT2D eigenvalue weighted by Gasteiger charge is 2.17.